The van der Waals surface area contributed by atoms with Crippen LogP contribution in [0.5, 0.6) is 0 Å². The van der Waals surface area contributed by atoms with Crippen LogP contribution in [-0.4, -0.2) is 23.9 Å². The molecule has 1 fully saturated rings. The van der Waals surface area contributed by atoms with E-state index in [2.05, 4.69) is 29.8 Å². The average molecular weight is 324 g/mol. The number of hydrogen-bond acceptors (Lipinski definition) is 1. The number of benzene rings is 1. The number of nitrogens with zero attached hydrogens (tertiary/aromatic N) is 1. The third kappa shape index (κ3) is 3.38. The minimum atomic E-state index is 0.161. The Morgan fingerprint density at radius 2 is 1.95 bits per heavy atom. The second-order valence-electron chi connectivity index (χ2n) is 5.86. The third-order valence-electron chi connectivity index (χ3n) is 4.12. The fourth-order valence-corrected chi connectivity index (χ4v) is 3.40. The highest BCUT2D eigenvalue weighted by molar-refractivity contribution is 9.10. The molecule has 1 amide bonds. The first-order chi connectivity index (χ1) is 8.99. The van der Waals surface area contributed by atoms with Gasteiger partial charge in [-0.05, 0) is 65.2 Å². The van der Waals surface area contributed by atoms with Crippen LogP contribution in [0.2, 0.25) is 0 Å². The van der Waals surface area contributed by atoms with Gasteiger partial charge in [0.1, 0.15) is 0 Å². The molecule has 0 unspecified atom stereocenters. The Balaban J connectivity index is 2.05. The first-order valence-electron chi connectivity index (χ1n) is 7.04. The molecule has 1 heterocycles. The molecule has 0 atom stereocenters. The number of piperidine rings is 1. The largest absolute Gasteiger partial charge is 0.339 e. The van der Waals surface area contributed by atoms with Gasteiger partial charge in [-0.3, -0.25) is 4.79 Å². The van der Waals surface area contributed by atoms with E-state index in [0.717, 1.165) is 47.8 Å². The van der Waals surface area contributed by atoms with Gasteiger partial charge in [0, 0.05) is 17.6 Å². The molecule has 19 heavy (non-hydrogen) atoms. The van der Waals surface area contributed by atoms with Crippen LogP contribution in [0.4, 0.5) is 0 Å². The van der Waals surface area contributed by atoms with E-state index in [1.807, 2.05) is 30.0 Å². The number of likely N-dealkylation sites (tertiary alicyclic amines) is 1. The molecule has 104 valence electrons. The Kier molecular flexibility index (Phi) is 4.67. The van der Waals surface area contributed by atoms with Crippen molar-refractivity contribution in [1.29, 1.82) is 0 Å². The zero-order chi connectivity index (χ0) is 14.0. The highest BCUT2D eigenvalue weighted by Crippen LogP contribution is 2.27. The molecular weight excluding hydrogens is 302 g/mol. The van der Waals surface area contributed by atoms with Crippen molar-refractivity contribution in [1.82, 2.24) is 4.90 Å². The Bertz CT molecular complexity index is 462. The summed E-state index contributed by atoms with van der Waals surface area (Å²) in [6, 6.07) is 5.93. The Labute approximate surface area is 124 Å². The third-order valence-corrected chi connectivity index (χ3v) is 4.78. The standard InChI is InChI=1S/C16H22BrNO/c1-11(2)13-6-8-18(9-7-13)16(19)14-5-4-12(3)10-15(14)17/h4-5,10-11,13H,6-9H2,1-3H3. The number of rotatable bonds is 2. The van der Waals surface area contributed by atoms with Gasteiger partial charge in [-0.15, -0.1) is 0 Å². The summed E-state index contributed by atoms with van der Waals surface area (Å²) in [7, 11) is 0. The highest BCUT2D eigenvalue weighted by Gasteiger charge is 2.25. The molecule has 1 aliphatic heterocycles. The number of carbonyl (C=O) groups is 1. The smallest absolute Gasteiger partial charge is 0.254 e. The van der Waals surface area contributed by atoms with Crippen molar-refractivity contribution in [2.75, 3.05) is 13.1 Å². The summed E-state index contributed by atoms with van der Waals surface area (Å²) < 4.78 is 0.906. The van der Waals surface area contributed by atoms with Gasteiger partial charge >= 0.3 is 0 Å². The van der Waals surface area contributed by atoms with Crippen LogP contribution in [0.15, 0.2) is 22.7 Å². The van der Waals surface area contributed by atoms with E-state index >= 15 is 0 Å². The number of aryl methyl sites for hydroxylation is 1. The fourth-order valence-electron chi connectivity index (χ4n) is 2.73. The van der Waals surface area contributed by atoms with E-state index in [-0.39, 0.29) is 5.91 Å². The summed E-state index contributed by atoms with van der Waals surface area (Å²) >= 11 is 3.50. The Morgan fingerprint density at radius 3 is 2.47 bits per heavy atom. The first-order valence-corrected chi connectivity index (χ1v) is 7.83. The van der Waals surface area contributed by atoms with E-state index in [9.17, 15) is 4.79 Å². The molecule has 0 bridgehead atoms. The quantitative estimate of drug-likeness (QED) is 0.796. The summed E-state index contributed by atoms with van der Waals surface area (Å²) in [4.78, 5) is 14.5. The SMILES string of the molecule is Cc1ccc(C(=O)N2CCC(C(C)C)CC2)c(Br)c1. The lowest BCUT2D eigenvalue weighted by molar-refractivity contribution is 0.0667. The van der Waals surface area contributed by atoms with E-state index in [0.29, 0.717) is 0 Å². The molecule has 0 saturated carbocycles. The predicted molar refractivity (Wildman–Crippen MR) is 82.3 cm³/mol. The average Bonchev–Trinajstić information content (AvgIpc) is 2.38. The van der Waals surface area contributed by atoms with Crippen molar-refractivity contribution in [3.63, 3.8) is 0 Å². The molecule has 0 aliphatic carbocycles. The second kappa shape index (κ2) is 6.08. The van der Waals surface area contributed by atoms with Gasteiger partial charge in [0.05, 0.1) is 5.56 Å². The van der Waals surface area contributed by atoms with Crippen LogP contribution in [0.3, 0.4) is 0 Å². The molecule has 3 heteroatoms. The normalized spacial score (nSPS) is 17.0. The van der Waals surface area contributed by atoms with E-state index in [1.54, 1.807) is 0 Å². The number of hydrogen-bond donors (Lipinski definition) is 0. The lowest BCUT2D eigenvalue weighted by Crippen LogP contribution is -2.39. The maximum atomic E-state index is 12.5. The zero-order valence-corrected chi connectivity index (χ0v) is 13.5. The minimum Gasteiger partial charge on any atom is -0.339 e. The van der Waals surface area contributed by atoms with Crippen molar-refractivity contribution in [3.05, 3.63) is 33.8 Å². The van der Waals surface area contributed by atoms with Gasteiger partial charge in [-0.1, -0.05) is 19.9 Å². The van der Waals surface area contributed by atoms with Gasteiger partial charge < -0.3 is 4.90 Å². The summed E-state index contributed by atoms with van der Waals surface area (Å²) in [5.74, 6) is 1.66. The summed E-state index contributed by atoms with van der Waals surface area (Å²) in [5, 5.41) is 0. The van der Waals surface area contributed by atoms with E-state index in [1.165, 1.54) is 5.56 Å². The molecule has 0 radical (unpaired) electrons. The van der Waals surface area contributed by atoms with Crippen LogP contribution < -0.4 is 0 Å². The molecule has 2 rings (SSSR count). The first kappa shape index (κ1) is 14.6. The monoisotopic (exact) mass is 323 g/mol. The van der Waals surface area contributed by atoms with Crippen LogP contribution in [-0.2, 0) is 0 Å². The lowest BCUT2D eigenvalue weighted by Gasteiger charge is -2.34. The van der Waals surface area contributed by atoms with Crippen LogP contribution in [0, 0.1) is 18.8 Å². The molecule has 0 spiro atoms. The summed E-state index contributed by atoms with van der Waals surface area (Å²) in [6.45, 7) is 8.37. The molecule has 0 N–H and O–H groups in total. The highest BCUT2D eigenvalue weighted by atomic mass is 79.9. The zero-order valence-electron chi connectivity index (χ0n) is 11.9. The van der Waals surface area contributed by atoms with Crippen molar-refractivity contribution >= 4 is 21.8 Å². The van der Waals surface area contributed by atoms with Crippen LogP contribution in [0.25, 0.3) is 0 Å². The predicted octanol–water partition coefficient (Wildman–Crippen LogP) is 4.27. The van der Waals surface area contributed by atoms with Crippen molar-refractivity contribution in [2.45, 2.75) is 33.6 Å². The van der Waals surface area contributed by atoms with E-state index < -0.39 is 0 Å². The number of carbonyl (C=O) groups excluding carboxylic acids is 1. The maximum absolute atomic E-state index is 12.5. The van der Waals surface area contributed by atoms with Crippen LogP contribution in [0.1, 0.15) is 42.6 Å². The molecular formula is C16H22BrNO. The second-order valence-corrected chi connectivity index (χ2v) is 6.71. The van der Waals surface area contributed by atoms with Crippen molar-refractivity contribution in [3.8, 4) is 0 Å². The number of amides is 1. The molecule has 0 aromatic heterocycles. The van der Waals surface area contributed by atoms with Gasteiger partial charge in [-0.2, -0.15) is 0 Å². The molecule has 1 aromatic rings. The lowest BCUT2D eigenvalue weighted by atomic mass is 9.86. The molecule has 2 nitrogen and oxygen atoms in total. The molecule has 1 saturated heterocycles. The van der Waals surface area contributed by atoms with Crippen molar-refractivity contribution in [2.24, 2.45) is 11.8 Å². The van der Waals surface area contributed by atoms with Gasteiger partial charge in [-0.25, -0.2) is 0 Å². The van der Waals surface area contributed by atoms with E-state index in [4.69, 9.17) is 0 Å². The van der Waals surface area contributed by atoms with Gasteiger partial charge in [0.25, 0.3) is 5.91 Å². The topological polar surface area (TPSA) is 20.3 Å². The van der Waals surface area contributed by atoms with Gasteiger partial charge in [0.15, 0.2) is 0 Å². The molecule has 1 aliphatic rings. The molecule has 1 aromatic carbocycles. The fraction of sp³-hybridized carbons (Fsp3) is 0.562. The Hall–Kier alpha value is -0.830. The van der Waals surface area contributed by atoms with Crippen molar-refractivity contribution < 1.29 is 4.79 Å². The van der Waals surface area contributed by atoms with Gasteiger partial charge in [0.2, 0.25) is 0 Å². The Morgan fingerprint density at radius 1 is 1.32 bits per heavy atom. The van der Waals surface area contributed by atoms with Crippen LogP contribution >= 0.6 is 15.9 Å². The summed E-state index contributed by atoms with van der Waals surface area (Å²) in [6.07, 6.45) is 2.26. The maximum Gasteiger partial charge on any atom is 0.254 e. The minimum absolute atomic E-state index is 0.161. The number of halogens is 1. The summed E-state index contributed by atoms with van der Waals surface area (Å²) in [5.41, 5.74) is 1.95.